The Kier molecular flexibility index (Phi) is 3.86. The van der Waals surface area contributed by atoms with Crippen LogP contribution in [0.2, 0.25) is 0 Å². The summed E-state index contributed by atoms with van der Waals surface area (Å²) >= 11 is 1.53. The quantitative estimate of drug-likeness (QED) is 0.930. The molecule has 1 fully saturated rings. The first kappa shape index (κ1) is 15.0. The molecule has 2 atom stereocenters. The third-order valence-corrected chi connectivity index (χ3v) is 4.84. The van der Waals surface area contributed by atoms with Crippen molar-refractivity contribution in [1.82, 2.24) is 9.88 Å². The van der Waals surface area contributed by atoms with Crippen molar-refractivity contribution in [2.24, 2.45) is 5.92 Å². The van der Waals surface area contributed by atoms with Crippen LogP contribution < -0.4 is 0 Å². The molecule has 20 heavy (non-hydrogen) atoms. The molecular formula is C14H20N2O3S. The minimum Gasteiger partial charge on any atom is -0.481 e. The number of rotatable bonds is 3. The molecule has 1 aromatic rings. The van der Waals surface area contributed by atoms with Gasteiger partial charge in [0.2, 0.25) is 5.91 Å². The maximum Gasteiger partial charge on any atom is 0.309 e. The molecule has 110 valence electrons. The fourth-order valence-corrected chi connectivity index (χ4v) is 3.45. The van der Waals surface area contributed by atoms with E-state index >= 15 is 0 Å². The average Bonchev–Trinajstić information content (AvgIpc) is 2.91. The van der Waals surface area contributed by atoms with Crippen LogP contribution in [0.4, 0.5) is 0 Å². The summed E-state index contributed by atoms with van der Waals surface area (Å²) in [5.41, 5.74) is 0.640. The van der Waals surface area contributed by atoms with Gasteiger partial charge in [0.15, 0.2) is 0 Å². The summed E-state index contributed by atoms with van der Waals surface area (Å²) in [5, 5.41) is 12.2. The lowest BCUT2D eigenvalue weighted by Crippen LogP contribution is -2.30. The first-order valence-corrected chi connectivity index (χ1v) is 7.61. The maximum atomic E-state index is 11.9. The number of likely N-dealkylation sites (tertiary alicyclic amines) is 1. The molecule has 1 amide bonds. The average molecular weight is 296 g/mol. The molecule has 2 rings (SSSR count). The monoisotopic (exact) mass is 296 g/mol. The number of hydrogen-bond donors (Lipinski definition) is 1. The fourth-order valence-electron chi connectivity index (χ4n) is 2.52. The number of thiazole rings is 1. The fraction of sp³-hybridized carbons (Fsp3) is 0.643. The number of hydrogen-bond acceptors (Lipinski definition) is 4. The van der Waals surface area contributed by atoms with Crippen molar-refractivity contribution in [3.63, 3.8) is 0 Å². The molecule has 1 saturated heterocycles. The van der Waals surface area contributed by atoms with Crippen LogP contribution in [0.3, 0.4) is 0 Å². The van der Waals surface area contributed by atoms with Crippen molar-refractivity contribution >= 4 is 23.2 Å². The molecule has 0 aromatic carbocycles. The Balaban J connectivity index is 2.39. The largest absolute Gasteiger partial charge is 0.481 e. The summed E-state index contributed by atoms with van der Waals surface area (Å²) in [6.45, 7) is 8.59. The highest BCUT2D eigenvalue weighted by molar-refractivity contribution is 7.09. The molecule has 1 aliphatic rings. The number of amides is 1. The van der Waals surface area contributed by atoms with Crippen LogP contribution in [0.25, 0.3) is 0 Å². The van der Waals surface area contributed by atoms with Gasteiger partial charge in [-0.1, -0.05) is 20.8 Å². The van der Waals surface area contributed by atoms with E-state index in [2.05, 4.69) is 25.8 Å². The SMILES string of the molecule is CCN1C(=O)CC(C(=O)O)C1c1csc(C(C)(C)C)n1. The summed E-state index contributed by atoms with van der Waals surface area (Å²) in [5.74, 6) is -1.72. The van der Waals surface area contributed by atoms with Crippen LogP contribution in [0.1, 0.15) is 50.9 Å². The van der Waals surface area contributed by atoms with Crippen LogP contribution in [0.15, 0.2) is 5.38 Å². The van der Waals surface area contributed by atoms with E-state index in [9.17, 15) is 14.7 Å². The zero-order valence-electron chi connectivity index (χ0n) is 12.2. The summed E-state index contributed by atoms with van der Waals surface area (Å²) < 4.78 is 0. The van der Waals surface area contributed by atoms with Gasteiger partial charge in [-0.05, 0) is 6.92 Å². The Morgan fingerprint density at radius 3 is 2.65 bits per heavy atom. The Morgan fingerprint density at radius 1 is 1.55 bits per heavy atom. The van der Waals surface area contributed by atoms with Crippen molar-refractivity contribution in [1.29, 1.82) is 0 Å². The standard InChI is InChI=1S/C14H20N2O3S/c1-5-16-10(17)6-8(12(18)19)11(16)9-7-20-13(15-9)14(2,3)4/h7-8,11H,5-6H2,1-4H3,(H,18,19). The van der Waals surface area contributed by atoms with E-state index < -0.39 is 17.9 Å². The minimum absolute atomic E-state index is 0.0657. The van der Waals surface area contributed by atoms with Gasteiger partial charge in [0.05, 0.1) is 22.7 Å². The lowest BCUT2D eigenvalue weighted by molar-refractivity contribution is -0.142. The Hall–Kier alpha value is -1.43. The zero-order valence-corrected chi connectivity index (χ0v) is 13.0. The van der Waals surface area contributed by atoms with Crippen LogP contribution in [0.5, 0.6) is 0 Å². The lowest BCUT2D eigenvalue weighted by atomic mass is 9.96. The van der Waals surface area contributed by atoms with Crippen LogP contribution in [0, 0.1) is 5.92 Å². The lowest BCUT2D eigenvalue weighted by Gasteiger charge is -2.24. The molecular weight excluding hydrogens is 276 g/mol. The van der Waals surface area contributed by atoms with Crippen molar-refractivity contribution < 1.29 is 14.7 Å². The third kappa shape index (κ3) is 2.57. The predicted molar refractivity (Wildman–Crippen MR) is 76.7 cm³/mol. The summed E-state index contributed by atoms with van der Waals surface area (Å²) in [6.07, 6.45) is 0.0657. The van der Waals surface area contributed by atoms with Gasteiger partial charge in [-0.25, -0.2) is 4.98 Å². The number of nitrogens with zero attached hydrogens (tertiary/aromatic N) is 2. The maximum absolute atomic E-state index is 11.9. The molecule has 1 N–H and O–H groups in total. The topological polar surface area (TPSA) is 70.5 Å². The van der Waals surface area contributed by atoms with Crippen LogP contribution in [-0.2, 0) is 15.0 Å². The molecule has 0 aliphatic carbocycles. The highest BCUT2D eigenvalue weighted by atomic mass is 32.1. The molecule has 1 aliphatic heterocycles. The van der Waals surface area contributed by atoms with Crippen molar-refractivity contribution in [3.05, 3.63) is 16.1 Å². The van der Waals surface area contributed by atoms with Gasteiger partial charge in [0.25, 0.3) is 0 Å². The minimum atomic E-state index is -0.926. The van der Waals surface area contributed by atoms with E-state index in [1.54, 1.807) is 4.90 Å². The van der Waals surface area contributed by atoms with Gasteiger partial charge in [0.1, 0.15) is 0 Å². The van der Waals surface area contributed by atoms with E-state index in [-0.39, 0.29) is 17.7 Å². The molecule has 0 bridgehead atoms. The van der Waals surface area contributed by atoms with Crippen LogP contribution >= 0.6 is 11.3 Å². The van der Waals surface area contributed by atoms with Gasteiger partial charge in [-0.2, -0.15) is 0 Å². The second kappa shape index (κ2) is 5.16. The molecule has 2 heterocycles. The van der Waals surface area contributed by atoms with Gasteiger partial charge in [-0.3, -0.25) is 9.59 Å². The van der Waals surface area contributed by atoms with E-state index in [4.69, 9.17) is 0 Å². The number of carbonyl (C=O) groups excluding carboxylic acids is 1. The third-order valence-electron chi connectivity index (χ3n) is 3.56. The highest BCUT2D eigenvalue weighted by Crippen LogP contribution is 2.39. The number of carboxylic acids is 1. The number of aromatic nitrogens is 1. The van der Waals surface area contributed by atoms with E-state index in [0.717, 1.165) is 5.01 Å². The summed E-state index contributed by atoms with van der Waals surface area (Å²) in [7, 11) is 0. The smallest absolute Gasteiger partial charge is 0.309 e. The summed E-state index contributed by atoms with van der Waals surface area (Å²) in [4.78, 5) is 29.6. The molecule has 0 saturated carbocycles. The molecule has 0 spiro atoms. The zero-order chi connectivity index (χ0) is 15.1. The van der Waals surface area contributed by atoms with Crippen molar-refractivity contribution in [2.75, 3.05) is 6.54 Å². The number of carbonyl (C=O) groups is 2. The van der Waals surface area contributed by atoms with E-state index in [1.807, 2.05) is 12.3 Å². The van der Waals surface area contributed by atoms with E-state index in [1.165, 1.54) is 11.3 Å². The van der Waals surface area contributed by atoms with Gasteiger partial charge >= 0.3 is 5.97 Å². The van der Waals surface area contributed by atoms with Gasteiger partial charge in [-0.15, -0.1) is 11.3 Å². The van der Waals surface area contributed by atoms with Crippen molar-refractivity contribution in [2.45, 2.75) is 45.6 Å². The molecule has 1 aromatic heterocycles. The first-order valence-electron chi connectivity index (χ1n) is 6.74. The molecule has 2 unspecified atom stereocenters. The normalized spacial score (nSPS) is 23.4. The van der Waals surface area contributed by atoms with Crippen LogP contribution in [-0.4, -0.2) is 33.4 Å². The highest BCUT2D eigenvalue weighted by Gasteiger charge is 2.45. The Bertz CT molecular complexity index is 533. The van der Waals surface area contributed by atoms with E-state index in [0.29, 0.717) is 12.2 Å². The Labute approximate surface area is 122 Å². The molecule has 5 nitrogen and oxygen atoms in total. The molecule has 6 heteroatoms. The van der Waals surface area contributed by atoms with Crippen molar-refractivity contribution in [3.8, 4) is 0 Å². The Morgan fingerprint density at radius 2 is 2.20 bits per heavy atom. The second-order valence-electron chi connectivity index (χ2n) is 6.10. The summed E-state index contributed by atoms with van der Waals surface area (Å²) in [6, 6.07) is -0.433. The number of carboxylic acid groups (broad SMARTS) is 1. The van der Waals surface area contributed by atoms with Gasteiger partial charge in [0, 0.05) is 23.8 Å². The van der Waals surface area contributed by atoms with Gasteiger partial charge < -0.3 is 10.0 Å². The molecule has 0 radical (unpaired) electrons. The first-order chi connectivity index (χ1) is 9.25. The number of aliphatic carboxylic acids is 1. The second-order valence-corrected chi connectivity index (χ2v) is 6.96. The predicted octanol–water partition coefficient (Wildman–Crippen LogP) is 2.43.